The average molecular weight is 194 g/mol. The molecule has 72 valence electrons. The van der Waals surface area contributed by atoms with Gasteiger partial charge in [-0.1, -0.05) is 0 Å². The van der Waals surface area contributed by atoms with E-state index < -0.39 is 24.2 Å². The Balaban J connectivity index is 4.68. The van der Waals surface area contributed by atoms with Gasteiger partial charge in [0.25, 0.3) is 0 Å². The number of rotatable bonds is 1. The molecule has 1 nitrogen and oxygen atoms in total. The molecular formula is C5H4F6O. The van der Waals surface area contributed by atoms with Gasteiger partial charge in [0.15, 0.2) is 0 Å². The van der Waals surface area contributed by atoms with E-state index >= 15 is 0 Å². The first kappa shape index (κ1) is 11.1. The molecule has 0 bridgehead atoms. The second-order valence-corrected chi connectivity index (χ2v) is 1.75. The van der Waals surface area contributed by atoms with Crippen LogP contribution in [0.1, 0.15) is 0 Å². The Labute approximate surface area is 63.6 Å². The molecule has 0 aromatic heterocycles. The first-order chi connectivity index (χ1) is 5.17. The predicted molar refractivity (Wildman–Crippen MR) is 27.2 cm³/mol. The zero-order valence-corrected chi connectivity index (χ0v) is 5.75. The van der Waals surface area contributed by atoms with Gasteiger partial charge in [-0.25, -0.2) is 0 Å². The molecule has 0 saturated carbocycles. The van der Waals surface area contributed by atoms with Gasteiger partial charge in [-0.05, 0) is 0 Å². The normalized spacial score (nSPS) is 14.8. The largest absolute Gasteiger partial charge is 0.492 e. The average Bonchev–Trinajstić information content (AvgIpc) is 1.78. The number of methoxy groups -OCH3 is 1. The van der Waals surface area contributed by atoms with Crippen LogP contribution in [0.15, 0.2) is 11.8 Å². The van der Waals surface area contributed by atoms with Crippen LogP contribution >= 0.6 is 0 Å². The van der Waals surface area contributed by atoms with Crippen LogP contribution in [-0.4, -0.2) is 19.5 Å². The maximum atomic E-state index is 11.6. The molecule has 0 saturated heterocycles. The van der Waals surface area contributed by atoms with Crippen LogP contribution in [0.2, 0.25) is 0 Å². The lowest BCUT2D eigenvalue weighted by Crippen LogP contribution is -2.17. The predicted octanol–water partition coefficient (Wildman–Crippen LogP) is 2.64. The van der Waals surface area contributed by atoms with E-state index in [1.807, 2.05) is 0 Å². The summed E-state index contributed by atoms with van der Waals surface area (Å²) >= 11 is 0. The molecule has 0 rings (SSSR count). The smallest absolute Gasteiger partial charge is 0.448 e. The molecule has 7 heteroatoms. The fourth-order valence-corrected chi connectivity index (χ4v) is 0.405. The Hall–Kier alpha value is -0.880. The van der Waals surface area contributed by atoms with Gasteiger partial charge < -0.3 is 4.74 Å². The van der Waals surface area contributed by atoms with E-state index in [9.17, 15) is 26.3 Å². The highest BCUT2D eigenvalue weighted by atomic mass is 19.4. The first-order valence-corrected chi connectivity index (χ1v) is 2.57. The molecule has 0 aliphatic carbocycles. The van der Waals surface area contributed by atoms with Crippen molar-refractivity contribution < 1.29 is 31.1 Å². The number of ether oxygens (including phenoxy) is 1. The topological polar surface area (TPSA) is 9.23 Å². The van der Waals surface area contributed by atoms with Crippen LogP contribution in [0.3, 0.4) is 0 Å². The van der Waals surface area contributed by atoms with Gasteiger partial charge in [0.1, 0.15) is 0 Å². The second kappa shape index (κ2) is 3.24. The van der Waals surface area contributed by atoms with E-state index in [4.69, 9.17) is 0 Å². The van der Waals surface area contributed by atoms with Crippen molar-refractivity contribution in [3.05, 3.63) is 11.8 Å². The van der Waals surface area contributed by atoms with Crippen molar-refractivity contribution in [2.24, 2.45) is 0 Å². The molecule has 0 aromatic carbocycles. The lowest BCUT2D eigenvalue weighted by molar-refractivity contribution is -0.137. The fraction of sp³-hybridized carbons (Fsp3) is 0.600. The van der Waals surface area contributed by atoms with Crippen molar-refractivity contribution in [1.29, 1.82) is 0 Å². The van der Waals surface area contributed by atoms with E-state index in [2.05, 4.69) is 4.74 Å². The lowest BCUT2D eigenvalue weighted by atomic mass is 10.4. The molecule has 0 radical (unpaired) electrons. The third kappa shape index (κ3) is 4.09. The van der Waals surface area contributed by atoms with Crippen LogP contribution in [-0.2, 0) is 4.74 Å². The second-order valence-electron chi connectivity index (χ2n) is 1.75. The molecule has 0 heterocycles. The molecule has 0 N–H and O–H groups in total. The van der Waals surface area contributed by atoms with Gasteiger partial charge in [0, 0.05) is 0 Å². The van der Waals surface area contributed by atoms with Crippen LogP contribution in [0, 0.1) is 0 Å². The van der Waals surface area contributed by atoms with Crippen molar-refractivity contribution in [2.45, 2.75) is 12.4 Å². The summed E-state index contributed by atoms with van der Waals surface area (Å²) in [5.74, 6) is -2.06. The molecule has 0 spiro atoms. The van der Waals surface area contributed by atoms with Gasteiger partial charge in [-0.2, -0.15) is 26.3 Å². The Morgan fingerprint density at radius 2 is 1.50 bits per heavy atom. The Morgan fingerprint density at radius 3 is 1.58 bits per heavy atom. The van der Waals surface area contributed by atoms with Crippen molar-refractivity contribution >= 4 is 0 Å². The maximum absolute atomic E-state index is 11.6. The Morgan fingerprint density at radius 1 is 1.08 bits per heavy atom. The number of halogens is 6. The zero-order valence-electron chi connectivity index (χ0n) is 5.75. The van der Waals surface area contributed by atoms with Crippen LogP contribution in [0.5, 0.6) is 0 Å². The lowest BCUT2D eigenvalue weighted by Gasteiger charge is -2.10. The minimum atomic E-state index is -5.11. The SMILES string of the molecule is COC(=CC(F)(F)F)C(F)(F)F. The number of hydrogen-bond acceptors (Lipinski definition) is 1. The van der Waals surface area contributed by atoms with E-state index in [1.54, 1.807) is 0 Å². The fourth-order valence-electron chi connectivity index (χ4n) is 0.405. The first-order valence-electron chi connectivity index (χ1n) is 2.57. The highest BCUT2D eigenvalue weighted by Crippen LogP contribution is 2.30. The quantitative estimate of drug-likeness (QED) is 0.460. The molecule has 0 atom stereocenters. The van der Waals surface area contributed by atoms with E-state index in [0.29, 0.717) is 7.11 Å². The zero-order chi connectivity index (χ0) is 9.99. The summed E-state index contributed by atoms with van der Waals surface area (Å²) in [6.07, 6.45) is -11.1. The molecule has 0 aliphatic rings. The molecular weight excluding hydrogens is 190 g/mol. The summed E-state index contributed by atoms with van der Waals surface area (Å²) in [6, 6.07) is 0. The minimum absolute atomic E-state index is 0.519. The van der Waals surface area contributed by atoms with Crippen molar-refractivity contribution in [1.82, 2.24) is 0 Å². The molecule has 12 heavy (non-hydrogen) atoms. The molecule has 0 fully saturated rings. The van der Waals surface area contributed by atoms with Crippen LogP contribution in [0.25, 0.3) is 0 Å². The van der Waals surface area contributed by atoms with Crippen LogP contribution < -0.4 is 0 Å². The molecule has 0 amide bonds. The number of alkyl halides is 6. The maximum Gasteiger partial charge on any atom is 0.448 e. The van der Waals surface area contributed by atoms with E-state index in [0.717, 1.165) is 0 Å². The summed E-state index contributed by atoms with van der Waals surface area (Å²) < 4.78 is 72.3. The van der Waals surface area contributed by atoms with Gasteiger partial charge in [0.05, 0.1) is 13.2 Å². The van der Waals surface area contributed by atoms with Gasteiger partial charge >= 0.3 is 12.4 Å². The molecule has 0 aliphatic heterocycles. The van der Waals surface area contributed by atoms with Gasteiger partial charge in [0.2, 0.25) is 5.76 Å². The third-order valence-corrected chi connectivity index (χ3v) is 0.794. The summed E-state index contributed by atoms with van der Waals surface area (Å²) in [6.45, 7) is 0. The monoisotopic (exact) mass is 194 g/mol. The highest BCUT2D eigenvalue weighted by Gasteiger charge is 2.39. The highest BCUT2D eigenvalue weighted by molar-refractivity contribution is 5.03. The Kier molecular flexibility index (Phi) is 3.00. The minimum Gasteiger partial charge on any atom is -0.492 e. The van der Waals surface area contributed by atoms with E-state index in [1.165, 1.54) is 0 Å². The van der Waals surface area contributed by atoms with Crippen molar-refractivity contribution in [3.63, 3.8) is 0 Å². The van der Waals surface area contributed by atoms with E-state index in [-0.39, 0.29) is 0 Å². The number of hydrogen-bond donors (Lipinski definition) is 0. The Bertz CT molecular complexity index is 175. The van der Waals surface area contributed by atoms with Crippen LogP contribution in [0.4, 0.5) is 26.3 Å². The van der Waals surface area contributed by atoms with Gasteiger partial charge in [-0.3, -0.25) is 0 Å². The molecule has 0 aromatic rings. The number of allylic oxidation sites excluding steroid dienone is 2. The summed E-state index contributed by atoms with van der Waals surface area (Å²) in [4.78, 5) is 0. The third-order valence-electron chi connectivity index (χ3n) is 0.794. The van der Waals surface area contributed by atoms with Crippen molar-refractivity contribution in [2.75, 3.05) is 7.11 Å². The summed E-state index contributed by atoms with van der Waals surface area (Å²) in [5.41, 5.74) is 0. The van der Waals surface area contributed by atoms with Crippen molar-refractivity contribution in [3.8, 4) is 0 Å². The van der Waals surface area contributed by atoms with Gasteiger partial charge in [-0.15, -0.1) is 0 Å². The molecule has 0 unspecified atom stereocenters. The summed E-state index contributed by atoms with van der Waals surface area (Å²) in [7, 11) is 0.519. The summed E-state index contributed by atoms with van der Waals surface area (Å²) in [5, 5.41) is 0. The standard InChI is InChI=1S/C5H4F6O/c1-12-3(5(9,10)11)2-4(6,7)8/h2H,1H3.